The summed E-state index contributed by atoms with van der Waals surface area (Å²) in [7, 11) is 0. The monoisotopic (exact) mass is 284 g/mol. The second kappa shape index (κ2) is 4.76. The largest absolute Gasteiger partial charge is 0.297 e. The summed E-state index contributed by atoms with van der Waals surface area (Å²) in [5, 5.41) is 0.603. The molecule has 20 heavy (non-hydrogen) atoms. The number of fused-ring (bicyclic) bond motifs is 1. The van der Waals surface area contributed by atoms with Crippen LogP contribution in [0.15, 0.2) is 36.5 Å². The fraction of sp³-hybridized carbons (Fsp3) is 0.125. The molecule has 0 bridgehead atoms. The van der Waals surface area contributed by atoms with E-state index in [1.54, 1.807) is 22.7 Å². The number of pyridine rings is 1. The van der Waals surface area contributed by atoms with Gasteiger partial charge in [-0.2, -0.15) is 0 Å². The standard InChI is InChI=1S/C16H13ClN2O/c1-10-3-4-12(7-11(10)2)16-14(9-20)19-6-5-13(17)8-15(19)18-16/h3-9H,1-2H3. The van der Waals surface area contributed by atoms with E-state index >= 15 is 0 Å². The summed E-state index contributed by atoms with van der Waals surface area (Å²) in [5.74, 6) is 0. The number of halogens is 1. The van der Waals surface area contributed by atoms with Crippen LogP contribution in [-0.2, 0) is 0 Å². The van der Waals surface area contributed by atoms with E-state index < -0.39 is 0 Å². The van der Waals surface area contributed by atoms with Crippen molar-refractivity contribution in [1.29, 1.82) is 0 Å². The number of hydrogen-bond acceptors (Lipinski definition) is 2. The van der Waals surface area contributed by atoms with Gasteiger partial charge >= 0.3 is 0 Å². The van der Waals surface area contributed by atoms with Gasteiger partial charge in [-0.05, 0) is 37.1 Å². The lowest BCUT2D eigenvalue weighted by Gasteiger charge is -2.03. The van der Waals surface area contributed by atoms with Crippen LogP contribution < -0.4 is 0 Å². The quantitative estimate of drug-likeness (QED) is 0.665. The van der Waals surface area contributed by atoms with Crippen LogP contribution in [0.4, 0.5) is 0 Å². The lowest BCUT2D eigenvalue weighted by Crippen LogP contribution is -1.92. The number of carbonyl (C=O) groups excluding carboxylic acids is 1. The van der Waals surface area contributed by atoms with E-state index in [4.69, 9.17) is 11.6 Å². The number of nitrogens with zero attached hydrogens (tertiary/aromatic N) is 2. The van der Waals surface area contributed by atoms with E-state index in [9.17, 15) is 4.79 Å². The molecule has 0 N–H and O–H groups in total. The maximum absolute atomic E-state index is 11.4. The molecule has 2 aromatic heterocycles. The second-order valence-corrected chi connectivity index (χ2v) is 5.27. The second-order valence-electron chi connectivity index (χ2n) is 4.84. The Balaban J connectivity index is 2.29. The molecule has 0 fully saturated rings. The van der Waals surface area contributed by atoms with Gasteiger partial charge in [-0.25, -0.2) is 4.98 Å². The molecule has 100 valence electrons. The average Bonchev–Trinajstić information content (AvgIpc) is 2.79. The molecule has 0 saturated heterocycles. The summed E-state index contributed by atoms with van der Waals surface area (Å²) >= 11 is 5.97. The number of aryl methyl sites for hydroxylation is 2. The van der Waals surface area contributed by atoms with Crippen molar-refractivity contribution >= 4 is 23.5 Å². The highest BCUT2D eigenvalue weighted by molar-refractivity contribution is 6.30. The highest BCUT2D eigenvalue weighted by Crippen LogP contribution is 2.26. The molecule has 0 amide bonds. The molecule has 0 aliphatic rings. The van der Waals surface area contributed by atoms with Crippen LogP contribution in [0.25, 0.3) is 16.9 Å². The van der Waals surface area contributed by atoms with Crippen molar-refractivity contribution in [2.45, 2.75) is 13.8 Å². The fourth-order valence-corrected chi connectivity index (χ4v) is 2.41. The van der Waals surface area contributed by atoms with Crippen molar-refractivity contribution in [1.82, 2.24) is 9.38 Å². The number of benzene rings is 1. The third-order valence-corrected chi connectivity index (χ3v) is 3.75. The van der Waals surface area contributed by atoms with Gasteiger partial charge in [0.05, 0.1) is 0 Å². The maximum atomic E-state index is 11.4. The summed E-state index contributed by atoms with van der Waals surface area (Å²) in [6.45, 7) is 4.11. The predicted molar refractivity (Wildman–Crippen MR) is 80.5 cm³/mol. The summed E-state index contributed by atoms with van der Waals surface area (Å²) in [6.07, 6.45) is 2.59. The van der Waals surface area contributed by atoms with Gasteiger partial charge in [0.15, 0.2) is 6.29 Å². The number of carbonyl (C=O) groups is 1. The van der Waals surface area contributed by atoms with Crippen LogP contribution in [0.1, 0.15) is 21.6 Å². The summed E-state index contributed by atoms with van der Waals surface area (Å²) in [4.78, 5) is 16.0. The molecule has 0 spiro atoms. The van der Waals surface area contributed by atoms with Crippen LogP contribution in [0.2, 0.25) is 5.02 Å². The molecule has 0 unspecified atom stereocenters. The zero-order valence-corrected chi connectivity index (χ0v) is 12.0. The van der Waals surface area contributed by atoms with Crippen LogP contribution in [0, 0.1) is 13.8 Å². The van der Waals surface area contributed by atoms with Gasteiger partial charge < -0.3 is 0 Å². The highest BCUT2D eigenvalue weighted by atomic mass is 35.5. The molecule has 0 atom stereocenters. The molecule has 0 radical (unpaired) electrons. The lowest BCUT2D eigenvalue weighted by molar-refractivity contribution is 0.111. The zero-order chi connectivity index (χ0) is 14.3. The Labute approximate surface area is 121 Å². The smallest absolute Gasteiger partial charge is 0.169 e. The van der Waals surface area contributed by atoms with Gasteiger partial charge in [-0.1, -0.05) is 23.7 Å². The van der Waals surface area contributed by atoms with Gasteiger partial charge in [-0.15, -0.1) is 0 Å². The third kappa shape index (κ3) is 2.00. The van der Waals surface area contributed by atoms with Crippen molar-refractivity contribution in [3.63, 3.8) is 0 Å². The minimum absolute atomic E-state index is 0.542. The van der Waals surface area contributed by atoms with E-state index in [1.807, 2.05) is 25.1 Å². The molecule has 1 aromatic carbocycles. The molecule has 3 nitrogen and oxygen atoms in total. The van der Waals surface area contributed by atoms with Crippen LogP contribution in [0.3, 0.4) is 0 Å². The van der Waals surface area contributed by atoms with Crippen molar-refractivity contribution in [2.24, 2.45) is 0 Å². The first-order chi connectivity index (χ1) is 9.60. The zero-order valence-electron chi connectivity index (χ0n) is 11.2. The fourth-order valence-electron chi connectivity index (χ4n) is 2.25. The SMILES string of the molecule is Cc1ccc(-c2nc3cc(Cl)ccn3c2C=O)cc1C. The first kappa shape index (κ1) is 12.9. The summed E-state index contributed by atoms with van der Waals surface area (Å²) in [6, 6.07) is 9.56. The molecule has 3 aromatic rings. The average molecular weight is 285 g/mol. The summed E-state index contributed by atoms with van der Waals surface area (Å²) < 4.78 is 1.75. The van der Waals surface area contributed by atoms with Crippen LogP contribution in [-0.4, -0.2) is 15.7 Å². The number of rotatable bonds is 2. The Kier molecular flexibility index (Phi) is 3.07. The first-order valence-corrected chi connectivity index (χ1v) is 6.68. The number of hydrogen-bond donors (Lipinski definition) is 0. The van der Waals surface area contributed by atoms with Crippen LogP contribution in [0.5, 0.6) is 0 Å². The molecule has 0 saturated carbocycles. The topological polar surface area (TPSA) is 34.4 Å². The van der Waals surface area contributed by atoms with E-state index in [2.05, 4.69) is 11.9 Å². The molecular weight excluding hydrogens is 272 g/mol. The molecule has 0 aliphatic heterocycles. The van der Waals surface area contributed by atoms with E-state index in [0.29, 0.717) is 22.1 Å². The first-order valence-electron chi connectivity index (χ1n) is 6.30. The Bertz CT molecular complexity index is 821. The van der Waals surface area contributed by atoms with Gasteiger partial charge in [-0.3, -0.25) is 9.20 Å². The maximum Gasteiger partial charge on any atom is 0.169 e. The molecule has 2 heterocycles. The minimum Gasteiger partial charge on any atom is -0.297 e. The molecule has 0 aliphatic carbocycles. The van der Waals surface area contributed by atoms with E-state index in [0.717, 1.165) is 11.8 Å². The van der Waals surface area contributed by atoms with Crippen molar-refractivity contribution in [3.05, 3.63) is 58.4 Å². The van der Waals surface area contributed by atoms with Crippen molar-refractivity contribution < 1.29 is 4.79 Å². The van der Waals surface area contributed by atoms with Gasteiger partial charge in [0, 0.05) is 22.8 Å². The summed E-state index contributed by atoms with van der Waals surface area (Å²) in [5.41, 5.74) is 5.23. The van der Waals surface area contributed by atoms with Gasteiger partial charge in [0.25, 0.3) is 0 Å². The Morgan fingerprint density at radius 2 is 1.95 bits per heavy atom. The molecule has 4 heteroatoms. The van der Waals surface area contributed by atoms with E-state index in [-0.39, 0.29) is 0 Å². The Morgan fingerprint density at radius 1 is 1.15 bits per heavy atom. The number of aromatic nitrogens is 2. The van der Waals surface area contributed by atoms with Gasteiger partial charge in [0.2, 0.25) is 0 Å². The number of aldehydes is 1. The third-order valence-electron chi connectivity index (χ3n) is 3.52. The lowest BCUT2D eigenvalue weighted by atomic mass is 10.0. The van der Waals surface area contributed by atoms with Crippen LogP contribution >= 0.6 is 11.6 Å². The Hall–Kier alpha value is -2.13. The number of imidazole rings is 1. The molecular formula is C16H13ClN2O. The normalized spacial score (nSPS) is 10.9. The van der Waals surface area contributed by atoms with Crippen molar-refractivity contribution in [3.8, 4) is 11.3 Å². The molecule has 3 rings (SSSR count). The van der Waals surface area contributed by atoms with Crippen molar-refractivity contribution in [2.75, 3.05) is 0 Å². The van der Waals surface area contributed by atoms with E-state index in [1.165, 1.54) is 11.1 Å². The predicted octanol–water partition coefficient (Wildman–Crippen LogP) is 4.08. The van der Waals surface area contributed by atoms with Gasteiger partial charge in [0.1, 0.15) is 17.0 Å². The minimum atomic E-state index is 0.542. The highest BCUT2D eigenvalue weighted by Gasteiger charge is 2.14. The Morgan fingerprint density at radius 3 is 2.65 bits per heavy atom.